The highest BCUT2D eigenvalue weighted by Gasteiger charge is 2.28. The predicted molar refractivity (Wildman–Crippen MR) is 98.1 cm³/mol. The van der Waals surface area contributed by atoms with Gasteiger partial charge in [0.2, 0.25) is 0 Å². The molecule has 0 spiro atoms. The largest absolute Gasteiger partial charge is 0.476 e. The Morgan fingerprint density at radius 3 is 2.88 bits per heavy atom. The van der Waals surface area contributed by atoms with Crippen LogP contribution in [0.2, 0.25) is 0 Å². The molecule has 0 radical (unpaired) electrons. The van der Waals surface area contributed by atoms with Crippen LogP contribution in [-0.2, 0) is 19.4 Å². The third-order valence-corrected chi connectivity index (χ3v) is 4.51. The molecule has 1 atom stereocenters. The summed E-state index contributed by atoms with van der Waals surface area (Å²) in [6.45, 7) is 5.93. The van der Waals surface area contributed by atoms with Crippen molar-refractivity contribution in [3.63, 3.8) is 0 Å². The fourth-order valence-corrected chi connectivity index (χ4v) is 3.35. The third-order valence-electron chi connectivity index (χ3n) is 4.51. The van der Waals surface area contributed by atoms with Crippen LogP contribution in [0.1, 0.15) is 28.2 Å². The van der Waals surface area contributed by atoms with Gasteiger partial charge in [-0.05, 0) is 31.4 Å². The van der Waals surface area contributed by atoms with E-state index in [9.17, 15) is 9.90 Å². The van der Waals surface area contributed by atoms with Crippen molar-refractivity contribution in [1.29, 1.82) is 0 Å². The molecule has 1 aromatic heterocycles. The van der Waals surface area contributed by atoms with E-state index in [1.807, 2.05) is 30.3 Å². The van der Waals surface area contributed by atoms with Crippen LogP contribution in [0.15, 0.2) is 43.0 Å². The van der Waals surface area contributed by atoms with Crippen molar-refractivity contribution in [3.8, 4) is 0 Å². The van der Waals surface area contributed by atoms with E-state index >= 15 is 0 Å². The molecule has 6 nitrogen and oxygen atoms in total. The van der Waals surface area contributed by atoms with Gasteiger partial charge in [-0.2, -0.15) is 5.10 Å². The van der Waals surface area contributed by atoms with E-state index in [1.54, 1.807) is 10.8 Å². The quantitative estimate of drug-likeness (QED) is 0.508. The minimum Gasteiger partial charge on any atom is -0.476 e. The number of carbonyl (C=O) groups is 1. The summed E-state index contributed by atoms with van der Waals surface area (Å²) in [6.07, 6.45) is 4.28. The molecule has 3 rings (SSSR count). The Kier molecular flexibility index (Phi) is 5.50. The van der Waals surface area contributed by atoms with Crippen molar-refractivity contribution in [2.45, 2.75) is 31.8 Å². The number of benzene rings is 1. The van der Waals surface area contributed by atoms with Crippen molar-refractivity contribution in [1.82, 2.24) is 15.1 Å². The number of hydrogen-bond acceptors (Lipinski definition) is 4. The van der Waals surface area contributed by atoms with Crippen LogP contribution in [0, 0.1) is 0 Å². The Bertz CT molecular complexity index is 739. The van der Waals surface area contributed by atoms with Gasteiger partial charge in [0.15, 0.2) is 5.69 Å². The number of carboxylic acids is 1. The Morgan fingerprint density at radius 2 is 2.16 bits per heavy atom. The number of fused-ring (bicyclic) bond motifs is 1. The molecule has 1 heterocycles. The lowest BCUT2D eigenvalue weighted by molar-refractivity contribution is 0.0688. The molecule has 2 aromatic rings. The first kappa shape index (κ1) is 17.2. The zero-order valence-electron chi connectivity index (χ0n) is 14.2. The second-order valence-electron chi connectivity index (χ2n) is 6.24. The van der Waals surface area contributed by atoms with E-state index < -0.39 is 5.97 Å². The van der Waals surface area contributed by atoms with Crippen LogP contribution in [0.25, 0.3) is 0 Å². The van der Waals surface area contributed by atoms with Crippen molar-refractivity contribution < 1.29 is 9.90 Å². The Labute approximate surface area is 147 Å². The number of nitrogens with one attached hydrogen (secondary N) is 2. The van der Waals surface area contributed by atoms with Gasteiger partial charge in [0.05, 0.1) is 6.54 Å². The number of aromatic nitrogens is 2. The normalized spacial score (nSPS) is 16.2. The molecule has 132 valence electrons. The first-order valence-electron chi connectivity index (χ1n) is 8.64. The highest BCUT2D eigenvalue weighted by molar-refractivity contribution is 5.87. The molecular formula is C19H24N4O2. The van der Waals surface area contributed by atoms with Crippen LogP contribution >= 0.6 is 0 Å². The first-order chi connectivity index (χ1) is 12.2. The number of anilines is 1. The zero-order valence-corrected chi connectivity index (χ0v) is 14.2. The second-order valence-corrected chi connectivity index (χ2v) is 6.24. The maximum atomic E-state index is 11.5. The van der Waals surface area contributed by atoms with Crippen LogP contribution in [0.4, 0.5) is 5.69 Å². The van der Waals surface area contributed by atoms with Gasteiger partial charge in [0.25, 0.3) is 0 Å². The van der Waals surface area contributed by atoms with E-state index in [4.69, 9.17) is 0 Å². The number of hydrogen-bond donors (Lipinski definition) is 3. The Balaban J connectivity index is 1.57. The highest BCUT2D eigenvalue weighted by Crippen LogP contribution is 2.25. The summed E-state index contributed by atoms with van der Waals surface area (Å²) >= 11 is 0. The minimum atomic E-state index is -0.953. The molecule has 0 saturated heterocycles. The summed E-state index contributed by atoms with van der Waals surface area (Å²) in [5, 5.41) is 20.6. The first-order valence-corrected chi connectivity index (χ1v) is 8.64. The van der Waals surface area contributed by atoms with Gasteiger partial charge < -0.3 is 15.7 Å². The smallest absolute Gasteiger partial charge is 0.356 e. The lowest BCUT2D eigenvalue weighted by Gasteiger charge is -2.24. The average Bonchev–Trinajstić information content (AvgIpc) is 2.98. The van der Waals surface area contributed by atoms with Crippen molar-refractivity contribution >= 4 is 11.7 Å². The molecule has 1 aromatic carbocycles. The predicted octanol–water partition coefficient (Wildman–Crippen LogP) is 2.33. The van der Waals surface area contributed by atoms with Crippen molar-refractivity contribution in [2.24, 2.45) is 0 Å². The highest BCUT2D eigenvalue weighted by atomic mass is 16.4. The van der Waals surface area contributed by atoms with Gasteiger partial charge in [-0.3, -0.25) is 4.68 Å². The second kappa shape index (κ2) is 7.98. The van der Waals surface area contributed by atoms with Crippen molar-refractivity contribution in [3.05, 3.63) is 59.9 Å². The van der Waals surface area contributed by atoms with Gasteiger partial charge in [0, 0.05) is 36.1 Å². The minimum absolute atomic E-state index is 0.186. The average molecular weight is 340 g/mol. The molecule has 25 heavy (non-hydrogen) atoms. The number of para-hydroxylation sites is 1. The molecule has 0 aliphatic heterocycles. The van der Waals surface area contributed by atoms with Crippen LogP contribution in [-0.4, -0.2) is 40.0 Å². The molecule has 0 amide bonds. The lowest BCUT2D eigenvalue weighted by Crippen LogP contribution is -2.37. The number of rotatable bonds is 8. The summed E-state index contributed by atoms with van der Waals surface area (Å²) in [7, 11) is 0. The number of carboxylic acid groups (broad SMARTS) is 1. The SMILES string of the molecule is C=CCn1nc(C(=O)O)c2c1CCC(NCCNc1ccccc1)C2. The monoisotopic (exact) mass is 340 g/mol. The molecule has 1 unspecified atom stereocenters. The number of allylic oxidation sites excluding steroid dienone is 1. The molecular weight excluding hydrogens is 316 g/mol. The summed E-state index contributed by atoms with van der Waals surface area (Å²) in [5.41, 5.74) is 3.20. The summed E-state index contributed by atoms with van der Waals surface area (Å²) in [4.78, 5) is 11.5. The molecule has 0 fully saturated rings. The fourth-order valence-electron chi connectivity index (χ4n) is 3.35. The number of aromatic carboxylic acids is 1. The fraction of sp³-hybridized carbons (Fsp3) is 0.368. The molecule has 0 saturated carbocycles. The molecule has 1 aliphatic carbocycles. The maximum Gasteiger partial charge on any atom is 0.356 e. The van der Waals surface area contributed by atoms with E-state index in [-0.39, 0.29) is 11.7 Å². The van der Waals surface area contributed by atoms with E-state index in [0.29, 0.717) is 13.0 Å². The van der Waals surface area contributed by atoms with Crippen LogP contribution in [0.3, 0.4) is 0 Å². The van der Waals surface area contributed by atoms with Gasteiger partial charge in [0.1, 0.15) is 0 Å². The molecule has 1 aliphatic rings. The van der Waals surface area contributed by atoms with E-state index in [0.717, 1.165) is 42.9 Å². The van der Waals surface area contributed by atoms with E-state index in [2.05, 4.69) is 22.3 Å². The molecule has 3 N–H and O–H groups in total. The standard InChI is InChI=1S/C19H24N4O2/c1-2-12-23-17-9-8-15(13-16(17)18(22-23)19(24)25)21-11-10-20-14-6-4-3-5-7-14/h2-7,15,20-21H,1,8-13H2,(H,24,25). The lowest BCUT2D eigenvalue weighted by atomic mass is 9.91. The van der Waals surface area contributed by atoms with Crippen LogP contribution in [0.5, 0.6) is 0 Å². The Morgan fingerprint density at radius 1 is 1.36 bits per heavy atom. The van der Waals surface area contributed by atoms with Crippen LogP contribution < -0.4 is 10.6 Å². The summed E-state index contributed by atoms with van der Waals surface area (Å²) in [5.74, 6) is -0.953. The topological polar surface area (TPSA) is 79.2 Å². The van der Waals surface area contributed by atoms with Gasteiger partial charge in [-0.15, -0.1) is 6.58 Å². The summed E-state index contributed by atoms with van der Waals surface area (Å²) in [6, 6.07) is 10.4. The molecule has 0 bridgehead atoms. The molecule has 6 heteroatoms. The van der Waals surface area contributed by atoms with Gasteiger partial charge in [-0.1, -0.05) is 24.3 Å². The summed E-state index contributed by atoms with van der Waals surface area (Å²) < 4.78 is 1.78. The number of nitrogens with zero attached hydrogens (tertiary/aromatic N) is 2. The third kappa shape index (κ3) is 4.09. The van der Waals surface area contributed by atoms with Gasteiger partial charge >= 0.3 is 5.97 Å². The van der Waals surface area contributed by atoms with E-state index in [1.165, 1.54) is 0 Å². The van der Waals surface area contributed by atoms with Crippen molar-refractivity contribution in [2.75, 3.05) is 18.4 Å². The van der Waals surface area contributed by atoms with Gasteiger partial charge in [-0.25, -0.2) is 4.79 Å². The zero-order chi connectivity index (χ0) is 17.6. The maximum absolute atomic E-state index is 11.5. The Hall–Kier alpha value is -2.60.